The van der Waals surface area contributed by atoms with Crippen molar-refractivity contribution in [3.8, 4) is 0 Å². The molecule has 18 heavy (non-hydrogen) atoms. The molecule has 0 amide bonds. The van der Waals surface area contributed by atoms with Crippen LogP contribution in [0.3, 0.4) is 0 Å². The fourth-order valence-corrected chi connectivity index (χ4v) is 3.95. The largest absolute Gasteiger partial charge is 0.320 e. The van der Waals surface area contributed by atoms with Crippen molar-refractivity contribution in [2.45, 2.75) is 17.7 Å². The summed E-state index contributed by atoms with van der Waals surface area (Å²) in [7, 11) is 1.18. The molecule has 0 aliphatic heterocycles. The second-order valence-electron chi connectivity index (χ2n) is 3.84. The maximum Gasteiger partial charge on any atom is 0.0758 e. The first kappa shape index (κ1) is 15.4. The molecule has 1 aromatic carbocycles. The van der Waals surface area contributed by atoms with Crippen molar-refractivity contribution in [2.75, 3.05) is 24.4 Å². The Balaban J connectivity index is 2.31. The third-order valence-electron chi connectivity index (χ3n) is 2.43. The summed E-state index contributed by atoms with van der Waals surface area (Å²) in [5.74, 6) is 0.776. The summed E-state index contributed by atoms with van der Waals surface area (Å²) in [5, 5.41) is 3.72. The lowest BCUT2D eigenvalue weighted by atomic mass is 10.3. The monoisotopic (exact) mass is 284 g/mol. The van der Waals surface area contributed by atoms with Crippen LogP contribution in [0.2, 0.25) is 0 Å². The third kappa shape index (κ3) is 5.80. The van der Waals surface area contributed by atoms with E-state index in [1.807, 2.05) is 31.3 Å². The third-order valence-corrected chi connectivity index (χ3v) is 5.35. The average Bonchev–Trinajstić information content (AvgIpc) is 2.41. The molecule has 0 fully saturated rings. The molecule has 1 atom stereocenters. The maximum atomic E-state index is 11.8. The molecule has 1 N–H and O–H groups in total. The van der Waals surface area contributed by atoms with Gasteiger partial charge < -0.3 is 5.32 Å². The van der Waals surface area contributed by atoms with Crippen LogP contribution in [-0.2, 0) is 10.8 Å². The molecule has 0 bridgehead atoms. The average molecular weight is 284 g/mol. The van der Waals surface area contributed by atoms with Crippen LogP contribution in [0.15, 0.2) is 34.2 Å². The number of nitrogens with one attached hydrogen (secondary N) is 1. The minimum Gasteiger partial charge on any atom is -0.320 e. The molecule has 1 aromatic rings. The van der Waals surface area contributed by atoms with E-state index in [0.717, 1.165) is 35.7 Å². The molecule has 1 rings (SSSR count). The quantitative estimate of drug-likeness (QED) is 0.431. The van der Waals surface area contributed by atoms with Crippen LogP contribution in [0.1, 0.15) is 12.8 Å². The zero-order chi connectivity index (χ0) is 13.2. The fourth-order valence-electron chi connectivity index (χ4n) is 1.46. The number of rotatable bonds is 9. The number of nitrogens with zero attached hydrogens (tertiary/aromatic N) is 1. The molecule has 0 heterocycles. The lowest BCUT2D eigenvalue weighted by molar-refractivity contribution is 0.674. The SMILES string of the molecule is C=Nc1ccccc1SCS(=O)CCCCNC. The van der Waals surface area contributed by atoms with Crippen molar-refractivity contribution < 1.29 is 4.21 Å². The Hall–Kier alpha value is -0.650. The van der Waals surface area contributed by atoms with Crippen molar-refractivity contribution in [2.24, 2.45) is 4.99 Å². The molecule has 0 saturated carbocycles. The van der Waals surface area contributed by atoms with E-state index in [1.165, 1.54) is 0 Å². The highest BCUT2D eigenvalue weighted by Gasteiger charge is 2.04. The molecule has 1 unspecified atom stereocenters. The van der Waals surface area contributed by atoms with Gasteiger partial charge in [0.15, 0.2) is 0 Å². The van der Waals surface area contributed by atoms with E-state index < -0.39 is 10.8 Å². The number of hydrogen-bond donors (Lipinski definition) is 1. The second kappa shape index (κ2) is 9.30. The Morgan fingerprint density at radius 2 is 2.17 bits per heavy atom. The van der Waals surface area contributed by atoms with Gasteiger partial charge in [0.05, 0.1) is 10.8 Å². The van der Waals surface area contributed by atoms with E-state index in [9.17, 15) is 4.21 Å². The highest BCUT2D eigenvalue weighted by atomic mass is 32.2. The highest BCUT2D eigenvalue weighted by Crippen LogP contribution is 2.29. The molecule has 0 spiro atoms. The van der Waals surface area contributed by atoms with E-state index in [4.69, 9.17) is 0 Å². The minimum absolute atomic E-state index is 0.631. The molecule has 0 saturated heterocycles. The second-order valence-corrected chi connectivity index (χ2v) is 6.80. The molecule has 100 valence electrons. The van der Waals surface area contributed by atoms with Crippen LogP contribution in [-0.4, -0.2) is 35.4 Å². The predicted octanol–water partition coefficient (Wildman–Crippen LogP) is 2.82. The number of aliphatic imine (C=N–C) groups is 1. The Labute approximate surface area is 116 Å². The molecular weight excluding hydrogens is 264 g/mol. The van der Waals surface area contributed by atoms with E-state index in [2.05, 4.69) is 17.0 Å². The molecule has 3 nitrogen and oxygen atoms in total. The molecule has 0 radical (unpaired) electrons. The van der Waals surface area contributed by atoms with Crippen LogP contribution in [0, 0.1) is 0 Å². The number of benzene rings is 1. The standard InChI is InChI=1S/C13H20N2OS2/c1-14-9-5-6-10-18(16)11-17-13-8-4-3-7-12(13)15-2/h3-4,7-8,14H,2,5-6,9-11H2,1H3. The van der Waals surface area contributed by atoms with Crippen molar-refractivity contribution in [1.82, 2.24) is 5.32 Å². The summed E-state index contributed by atoms with van der Waals surface area (Å²) < 4.78 is 11.8. The minimum atomic E-state index is -0.761. The van der Waals surface area contributed by atoms with E-state index >= 15 is 0 Å². The first-order chi connectivity index (χ1) is 8.77. The fraction of sp³-hybridized carbons (Fsp3) is 0.462. The van der Waals surface area contributed by atoms with Gasteiger partial charge in [-0.2, -0.15) is 0 Å². The molecule has 5 heteroatoms. The Morgan fingerprint density at radius 1 is 1.39 bits per heavy atom. The van der Waals surface area contributed by atoms with Gasteiger partial charge in [-0.3, -0.25) is 9.20 Å². The van der Waals surface area contributed by atoms with Crippen molar-refractivity contribution in [1.29, 1.82) is 0 Å². The van der Waals surface area contributed by atoms with Gasteiger partial charge in [0.2, 0.25) is 0 Å². The summed E-state index contributed by atoms with van der Waals surface area (Å²) in [6, 6.07) is 7.81. The first-order valence-electron chi connectivity index (χ1n) is 5.96. The van der Waals surface area contributed by atoms with Gasteiger partial charge in [0.25, 0.3) is 0 Å². The Kier molecular flexibility index (Phi) is 7.96. The first-order valence-corrected chi connectivity index (χ1v) is 8.43. The highest BCUT2D eigenvalue weighted by molar-refractivity contribution is 8.10. The number of thioether (sulfide) groups is 1. The van der Waals surface area contributed by atoms with Crippen LogP contribution in [0.5, 0.6) is 0 Å². The summed E-state index contributed by atoms with van der Waals surface area (Å²) in [4.78, 5) is 5.01. The van der Waals surface area contributed by atoms with Gasteiger partial charge in [-0.25, -0.2) is 0 Å². The predicted molar refractivity (Wildman–Crippen MR) is 82.5 cm³/mol. The van der Waals surface area contributed by atoms with Gasteiger partial charge in [-0.1, -0.05) is 12.1 Å². The summed E-state index contributed by atoms with van der Waals surface area (Å²) in [6.45, 7) is 4.54. The van der Waals surface area contributed by atoms with Crippen LogP contribution >= 0.6 is 11.8 Å². The summed E-state index contributed by atoms with van der Waals surface area (Å²) >= 11 is 1.59. The zero-order valence-electron chi connectivity index (χ0n) is 10.7. The van der Waals surface area contributed by atoms with Gasteiger partial charge >= 0.3 is 0 Å². The topological polar surface area (TPSA) is 41.5 Å². The van der Waals surface area contributed by atoms with Crippen molar-refractivity contribution in [3.63, 3.8) is 0 Å². The van der Waals surface area contributed by atoms with Gasteiger partial charge in [0.1, 0.15) is 0 Å². The van der Waals surface area contributed by atoms with Crippen LogP contribution in [0.25, 0.3) is 0 Å². The van der Waals surface area contributed by atoms with Crippen LogP contribution in [0.4, 0.5) is 5.69 Å². The van der Waals surface area contributed by atoms with Gasteiger partial charge in [-0.15, -0.1) is 11.8 Å². The Bertz CT molecular complexity index is 396. The number of para-hydroxylation sites is 1. The summed E-state index contributed by atoms with van der Waals surface area (Å²) in [6.07, 6.45) is 2.09. The van der Waals surface area contributed by atoms with Crippen LogP contribution < -0.4 is 5.32 Å². The maximum absolute atomic E-state index is 11.8. The Morgan fingerprint density at radius 3 is 2.89 bits per heavy atom. The van der Waals surface area contributed by atoms with E-state index in [-0.39, 0.29) is 0 Å². The lowest BCUT2D eigenvalue weighted by Gasteiger charge is -2.05. The zero-order valence-corrected chi connectivity index (χ0v) is 12.4. The van der Waals surface area contributed by atoms with E-state index in [0.29, 0.717) is 5.08 Å². The normalized spacial score (nSPS) is 12.3. The lowest BCUT2D eigenvalue weighted by Crippen LogP contribution is -2.09. The van der Waals surface area contributed by atoms with Gasteiger partial charge in [-0.05, 0) is 45.3 Å². The van der Waals surface area contributed by atoms with Crippen molar-refractivity contribution in [3.05, 3.63) is 24.3 Å². The molecule has 0 aromatic heterocycles. The van der Waals surface area contributed by atoms with Crippen molar-refractivity contribution >= 4 is 35.0 Å². The van der Waals surface area contributed by atoms with E-state index in [1.54, 1.807) is 11.8 Å². The smallest absolute Gasteiger partial charge is 0.0758 e. The summed E-state index contributed by atoms with van der Waals surface area (Å²) in [5.41, 5.74) is 0.870. The number of hydrogen-bond acceptors (Lipinski definition) is 4. The number of unbranched alkanes of at least 4 members (excludes halogenated alkanes) is 1. The molecule has 0 aliphatic carbocycles. The van der Waals surface area contributed by atoms with Gasteiger partial charge in [0, 0.05) is 21.4 Å². The molecular formula is C13H20N2OS2. The molecule has 0 aliphatic rings.